The summed E-state index contributed by atoms with van der Waals surface area (Å²) in [6, 6.07) is 5.08. The van der Waals surface area contributed by atoms with Gasteiger partial charge in [0.1, 0.15) is 11.5 Å². The van der Waals surface area contributed by atoms with Gasteiger partial charge in [0, 0.05) is 18.7 Å². The van der Waals surface area contributed by atoms with Crippen LogP contribution in [0.5, 0.6) is 11.5 Å². The van der Waals surface area contributed by atoms with Crippen LogP contribution in [0.15, 0.2) is 18.2 Å². The second-order valence-electron chi connectivity index (χ2n) is 5.32. The number of likely N-dealkylation sites (tertiary alicyclic amines) is 1. The number of carboxylic acid groups (broad SMARTS) is 1. The van der Waals surface area contributed by atoms with Gasteiger partial charge in [-0.3, -0.25) is 9.69 Å². The molecule has 0 radical (unpaired) electrons. The van der Waals surface area contributed by atoms with Crippen molar-refractivity contribution in [2.75, 3.05) is 20.2 Å². The maximum absolute atomic E-state index is 11.2. The Labute approximate surface area is 112 Å². The Morgan fingerprint density at radius 2 is 2.26 bits per heavy atom. The summed E-state index contributed by atoms with van der Waals surface area (Å²) < 4.78 is 5.13. The van der Waals surface area contributed by atoms with Gasteiger partial charge in [-0.1, -0.05) is 0 Å². The Kier molecular flexibility index (Phi) is 3.66. The van der Waals surface area contributed by atoms with Crippen LogP contribution in [0.2, 0.25) is 0 Å². The quantitative estimate of drug-likeness (QED) is 0.867. The topological polar surface area (TPSA) is 70.0 Å². The summed E-state index contributed by atoms with van der Waals surface area (Å²) in [6.07, 6.45) is 0.632. The van der Waals surface area contributed by atoms with Crippen molar-refractivity contribution in [1.29, 1.82) is 0 Å². The number of aromatic hydroxyl groups is 1. The van der Waals surface area contributed by atoms with Crippen molar-refractivity contribution in [3.63, 3.8) is 0 Å². The van der Waals surface area contributed by atoms with Gasteiger partial charge in [0.05, 0.1) is 12.5 Å². The number of nitrogens with zero attached hydrogens (tertiary/aromatic N) is 1. The zero-order chi connectivity index (χ0) is 14.0. The van der Waals surface area contributed by atoms with Crippen LogP contribution >= 0.6 is 0 Å². The van der Waals surface area contributed by atoms with Crippen LogP contribution in [0.25, 0.3) is 0 Å². The standard InChI is InChI=1S/C14H19NO4/c1-14(13(17)18)5-6-15(9-14)8-10-7-11(19-2)3-4-12(10)16/h3-4,7,16H,5-6,8-9H2,1-2H3,(H,17,18). The summed E-state index contributed by atoms with van der Waals surface area (Å²) in [5.74, 6) is 0.141. The van der Waals surface area contributed by atoms with Gasteiger partial charge in [-0.2, -0.15) is 0 Å². The lowest BCUT2D eigenvalue weighted by atomic mass is 9.90. The molecule has 1 fully saturated rings. The third-order valence-corrected chi connectivity index (χ3v) is 3.75. The first-order chi connectivity index (χ1) is 8.94. The molecule has 5 heteroatoms. The van der Waals surface area contributed by atoms with Gasteiger partial charge in [0.25, 0.3) is 0 Å². The van der Waals surface area contributed by atoms with Crippen LogP contribution < -0.4 is 4.74 Å². The lowest BCUT2D eigenvalue weighted by Gasteiger charge is -2.20. The van der Waals surface area contributed by atoms with Crippen LogP contribution in [0.3, 0.4) is 0 Å². The van der Waals surface area contributed by atoms with E-state index in [4.69, 9.17) is 4.74 Å². The summed E-state index contributed by atoms with van der Waals surface area (Å²) in [7, 11) is 1.58. The molecule has 1 aromatic rings. The van der Waals surface area contributed by atoms with E-state index in [1.807, 2.05) is 4.90 Å². The number of methoxy groups -OCH3 is 1. The lowest BCUT2D eigenvalue weighted by Crippen LogP contribution is -2.31. The third-order valence-electron chi connectivity index (χ3n) is 3.75. The molecule has 0 aromatic heterocycles. The maximum Gasteiger partial charge on any atom is 0.310 e. The van der Waals surface area contributed by atoms with Crippen molar-refractivity contribution < 1.29 is 19.7 Å². The first kappa shape index (κ1) is 13.7. The number of benzene rings is 1. The predicted molar refractivity (Wildman–Crippen MR) is 70.3 cm³/mol. The SMILES string of the molecule is COc1ccc(O)c(CN2CCC(C)(C(=O)O)C2)c1. The molecule has 2 N–H and O–H groups in total. The van der Waals surface area contributed by atoms with Crippen LogP contribution in [0.4, 0.5) is 0 Å². The van der Waals surface area contributed by atoms with Gasteiger partial charge < -0.3 is 14.9 Å². The van der Waals surface area contributed by atoms with E-state index >= 15 is 0 Å². The fraction of sp³-hybridized carbons (Fsp3) is 0.500. The van der Waals surface area contributed by atoms with E-state index in [0.29, 0.717) is 25.3 Å². The molecule has 1 unspecified atom stereocenters. The van der Waals surface area contributed by atoms with Crippen LogP contribution in [0, 0.1) is 5.41 Å². The summed E-state index contributed by atoms with van der Waals surface area (Å²) >= 11 is 0. The molecule has 0 aliphatic carbocycles. The molecular formula is C14H19NO4. The average Bonchev–Trinajstić information content (AvgIpc) is 2.75. The number of phenolic OH excluding ortho intramolecular Hbond substituents is 1. The lowest BCUT2D eigenvalue weighted by molar-refractivity contribution is -0.147. The highest BCUT2D eigenvalue weighted by atomic mass is 16.5. The largest absolute Gasteiger partial charge is 0.508 e. The molecule has 19 heavy (non-hydrogen) atoms. The monoisotopic (exact) mass is 265 g/mol. The molecule has 104 valence electrons. The molecule has 1 aliphatic rings. The van der Waals surface area contributed by atoms with E-state index < -0.39 is 11.4 Å². The highest BCUT2D eigenvalue weighted by Crippen LogP contribution is 2.32. The first-order valence-electron chi connectivity index (χ1n) is 6.26. The minimum absolute atomic E-state index is 0.213. The highest BCUT2D eigenvalue weighted by molar-refractivity contribution is 5.74. The number of carbonyl (C=O) groups is 1. The Morgan fingerprint density at radius 1 is 1.53 bits per heavy atom. The number of ether oxygens (including phenoxy) is 1. The summed E-state index contributed by atoms with van der Waals surface area (Å²) in [5, 5.41) is 19.0. The van der Waals surface area contributed by atoms with E-state index in [1.165, 1.54) is 0 Å². The normalized spacial score (nSPS) is 23.5. The number of hydrogen-bond acceptors (Lipinski definition) is 4. The fourth-order valence-corrected chi connectivity index (χ4v) is 2.42. The van der Waals surface area contributed by atoms with E-state index in [-0.39, 0.29) is 5.75 Å². The minimum Gasteiger partial charge on any atom is -0.508 e. The van der Waals surface area contributed by atoms with Crippen LogP contribution in [-0.2, 0) is 11.3 Å². The summed E-state index contributed by atoms with van der Waals surface area (Å²) in [5.41, 5.74) is 0.0723. The number of phenols is 1. The Balaban J connectivity index is 2.09. The van der Waals surface area contributed by atoms with Crippen molar-refractivity contribution in [1.82, 2.24) is 4.90 Å². The maximum atomic E-state index is 11.2. The molecule has 1 atom stereocenters. The van der Waals surface area contributed by atoms with Crippen molar-refractivity contribution >= 4 is 5.97 Å². The first-order valence-corrected chi connectivity index (χ1v) is 6.26. The van der Waals surface area contributed by atoms with Gasteiger partial charge in [-0.25, -0.2) is 0 Å². The molecule has 1 saturated heterocycles. The van der Waals surface area contributed by atoms with E-state index in [2.05, 4.69) is 0 Å². The Bertz CT molecular complexity index is 488. The van der Waals surface area contributed by atoms with Crippen molar-refractivity contribution in [3.05, 3.63) is 23.8 Å². The van der Waals surface area contributed by atoms with Crippen molar-refractivity contribution in [2.45, 2.75) is 19.9 Å². The second kappa shape index (κ2) is 5.09. The van der Waals surface area contributed by atoms with Crippen LogP contribution in [0.1, 0.15) is 18.9 Å². The van der Waals surface area contributed by atoms with Crippen molar-refractivity contribution in [2.24, 2.45) is 5.41 Å². The molecule has 2 rings (SSSR count). The molecule has 0 saturated carbocycles. The number of aliphatic carboxylic acids is 1. The number of hydrogen-bond donors (Lipinski definition) is 2. The zero-order valence-corrected chi connectivity index (χ0v) is 11.2. The third kappa shape index (κ3) is 2.81. The highest BCUT2D eigenvalue weighted by Gasteiger charge is 2.40. The molecule has 0 bridgehead atoms. The predicted octanol–water partition coefficient (Wildman–Crippen LogP) is 1.70. The van der Waals surface area contributed by atoms with Crippen molar-refractivity contribution in [3.8, 4) is 11.5 Å². The second-order valence-corrected chi connectivity index (χ2v) is 5.32. The Morgan fingerprint density at radius 3 is 2.84 bits per heavy atom. The van der Waals surface area contributed by atoms with Gasteiger partial charge in [0.15, 0.2) is 0 Å². The summed E-state index contributed by atoms with van der Waals surface area (Å²) in [6.45, 7) is 3.52. The Hall–Kier alpha value is -1.75. The van der Waals surface area contributed by atoms with E-state index in [0.717, 1.165) is 12.1 Å². The van der Waals surface area contributed by atoms with Crippen LogP contribution in [-0.4, -0.2) is 41.3 Å². The van der Waals surface area contributed by atoms with Gasteiger partial charge in [-0.05, 0) is 38.1 Å². The number of carboxylic acids is 1. The fourth-order valence-electron chi connectivity index (χ4n) is 2.42. The zero-order valence-electron chi connectivity index (χ0n) is 11.2. The molecule has 0 spiro atoms. The molecule has 0 amide bonds. The molecule has 1 aliphatic heterocycles. The van der Waals surface area contributed by atoms with Gasteiger partial charge in [-0.15, -0.1) is 0 Å². The van der Waals surface area contributed by atoms with Gasteiger partial charge in [0.2, 0.25) is 0 Å². The smallest absolute Gasteiger partial charge is 0.310 e. The average molecular weight is 265 g/mol. The van der Waals surface area contributed by atoms with E-state index in [9.17, 15) is 15.0 Å². The molecule has 1 heterocycles. The van der Waals surface area contributed by atoms with Gasteiger partial charge >= 0.3 is 5.97 Å². The molecule has 5 nitrogen and oxygen atoms in total. The molecular weight excluding hydrogens is 246 g/mol. The summed E-state index contributed by atoms with van der Waals surface area (Å²) in [4.78, 5) is 13.2. The number of rotatable bonds is 4. The van der Waals surface area contributed by atoms with E-state index in [1.54, 1.807) is 32.2 Å². The molecule has 1 aromatic carbocycles. The minimum atomic E-state index is -0.759.